The standard InChI is InChI=1S/C20H20ClN3O2/c1-14-18(12-23-22-11-15-7-9-16(21)10-8-15)17-5-3-4-6-19(17)24(14)13-20(25)26-2/h3-10,12,22H,11,13H2,1-2H3/b23-12-. The maximum Gasteiger partial charge on any atom is 0.325 e. The Kier molecular flexibility index (Phi) is 5.58. The molecule has 0 saturated carbocycles. The molecular formula is C20H20ClN3O2. The second-order valence-corrected chi connectivity index (χ2v) is 6.33. The largest absolute Gasteiger partial charge is 0.468 e. The molecule has 6 heteroatoms. The highest BCUT2D eigenvalue weighted by molar-refractivity contribution is 6.30. The van der Waals surface area contributed by atoms with E-state index in [0.717, 1.165) is 27.7 Å². The molecule has 0 aliphatic heterocycles. The number of benzene rings is 2. The summed E-state index contributed by atoms with van der Waals surface area (Å²) >= 11 is 5.89. The van der Waals surface area contributed by atoms with Gasteiger partial charge in [-0.3, -0.25) is 4.79 Å². The van der Waals surface area contributed by atoms with E-state index in [1.165, 1.54) is 7.11 Å². The van der Waals surface area contributed by atoms with Crippen molar-refractivity contribution in [2.75, 3.05) is 7.11 Å². The van der Waals surface area contributed by atoms with E-state index in [1.54, 1.807) is 6.21 Å². The van der Waals surface area contributed by atoms with Gasteiger partial charge in [0.25, 0.3) is 0 Å². The summed E-state index contributed by atoms with van der Waals surface area (Å²) in [5.41, 5.74) is 7.07. The number of nitrogens with zero attached hydrogens (tertiary/aromatic N) is 2. The number of rotatable bonds is 6. The Labute approximate surface area is 157 Å². The second kappa shape index (κ2) is 8.06. The van der Waals surface area contributed by atoms with Gasteiger partial charge in [-0.1, -0.05) is 41.9 Å². The fourth-order valence-corrected chi connectivity index (χ4v) is 2.99. The Bertz CT molecular complexity index is 946. The Morgan fingerprint density at radius 1 is 1.23 bits per heavy atom. The lowest BCUT2D eigenvalue weighted by Gasteiger charge is -2.06. The lowest BCUT2D eigenvalue weighted by atomic mass is 10.1. The molecule has 0 bridgehead atoms. The topological polar surface area (TPSA) is 55.6 Å². The SMILES string of the molecule is COC(=O)Cn1c(C)c(/C=N\NCc2ccc(Cl)cc2)c2ccccc21. The molecule has 0 amide bonds. The minimum Gasteiger partial charge on any atom is -0.468 e. The van der Waals surface area contributed by atoms with E-state index in [9.17, 15) is 4.79 Å². The molecule has 3 aromatic rings. The molecule has 0 spiro atoms. The summed E-state index contributed by atoms with van der Waals surface area (Å²) in [6.07, 6.45) is 1.79. The van der Waals surface area contributed by atoms with Gasteiger partial charge >= 0.3 is 5.97 Å². The summed E-state index contributed by atoms with van der Waals surface area (Å²) in [5.74, 6) is -0.279. The van der Waals surface area contributed by atoms with Crippen molar-refractivity contribution in [3.8, 4) is 0 Å². The Hall–Kier alpha value is -2.79. The third-order valence-electron chi connectivity index (χ3n) is 4.28. The molecule has 0 aliphatic carbocycles. The highest BCUT2D eigenvalue weighted by Crippen LogP contribution is 2.24. The Morgan fingerprint density at radius 3 is 2.69 bits per heavy atom. The number of ether oxygens (including phenoxy) is 1. The average Bonchev–Trinajstić information content (AvgIpc) is 2.92. The van der Waals surface area contributed by atoms with Crippen LogP contribution in [-0.2, 0) is 22.6 Å². The van der Waals surface area contributed by atoms with Crippen LogP contribution in [0.15, 0.2) is 53.6 Å². The van der Waals surface area contributed by atoms with Crippen molar-refractivity contribution in [3.63, 3.8) is 0 Å². The molecule has 134 valence electrons. The molecule has 26 heavy (non-hydrogen) atoms. The van der Waals surface area contributed by atoms with Crippen LogP contribution in [0.5, 0.6) is 0 Å². The summed E-state index contributed by atoms with van der Waals surface area (Å²) in [6, 6.07) is 15.6. The lowest BCUT2D eigenvalue weighted by Crippen LogP contribution is -2.12. The van der Waals surface area contributed by atoms with Crippen molar-refractivity contribution in [1.82, 2.24) is 9.99 Å². The fraction of sp³-hybridized carbons (Fsp3) is 0.200. The van der Waals surface area contributed by atoms with E-state index in [2.05, 4.69) is 10.5 Å². The number of hydrogen-bond donors (Lipinski definition) is 1. The Morgan fingerprint density at radius 2 is 1.96 bits per heavy atom. The molecule has 1 N–H and O–H groups in total. The number of halogens is 1. The summed E-state index contributed by atoms with van der Waals surface area (Å²) in [7, 11) is 1.40. The zero-order chi connectivity index (χ0) is 18.5. The number of methoxy groups -OCH3 is 1. The van der Waals surface area contributed by atoms with E-state index in [1.807, 2.05) is 60.0 Å². The van der Waals surface area contributed by atoms with Gasteiger partial charge in [0, 0.05) is 27.2 Å². The monoisotopic (exact) mass is 369 g/mol. The first-order chi connectivity index (χ1) is 12.6. The summed E-state index contributed by atoms with van der Waals surface area (Å²) in [4.78, 5) is 11.7. The number of carbonyl (C=O) groups excluding carboxylic acids is 1. The second-order valence-electron chi connectivity index (χ2n) is 5.90. The number of nitrogens with one attached hydrogen (secondary N) is 1. The molecule has 1 heterocycles. The zero-order valence-corrected chi connectivity index (χ0v) is 15.5. The van der Waals surface area contributed by atoms with Gasteiger partial charge < -0.3 is 14.7 Å². The van der Waals surface area contributed by atoms with Crippen molar-refractivity contribution in [2.24, 2.45) is 5.10 Å². The highest BCUT2D eigenvalue weighted by Gasteiger charge is 2.14. The minimum atomic E-state index is -0.279. The van der Waals surface area contributed by atoms with Gasteiger partial charge in [-0.25, -0.2) is 0 Å². The smallest absolute Gasteiger partial charge is 0.325 e. The first-order valence-corrected chi connectivity index (χ1v) is 8.63. The molecule has 5 nitrogen and oxygen atoms in total. The summed E-state index contributed by atoms with van der Waals surface area (Å²) in [5, 5.41) is 6.11. The molecule has 0 fully saturated rings. The normalized spacial score (nSPS) is 11.2. The van der Waals surface area contributed by atoms with Crippen LogP contribution in [0.2, 0.25) is 5.02 Å². The number of fused-ring (bicyclic) bond motifs is 1. The first kappa shape index (κ1) is 18.0. The van der Waals surface area contributed by atoms with Crippen LogP contribution >= 0.6 is 11.6 Å². The van der Waals surface area contributed by atoms with Crippen molar-refractivity contribution in [3.05, 3.63) is 70.4 Å². The van der Waals surface area contributed by atoms with Crippen molar-refractivity contribution in [1.29, 1.82) is 0 Å². The predicted octanol–water partition coefficient (Wildman–Crippen LogP) is 3.90. The van der Waals surface area contributed by atoms with Gasteiger partial charge in [0.15, 0.2) is 0 Å². The van der Waals surface area contributed by atoms with Gasteiger partial charge in [0.05, 0.1) is 19.9 Å². The van der Waals surface area contributed by atoms with Gasteiger partial charge in [0.2, 0.25) is 0 Å². The summed E-state index contributed by atoms with van der Waals surface area (Å²) < 4.78 is 6.75. The first-order valence-electron chi connectivity index (χ1n) is 8.25. The molecular weight excluding hydrogens is 350 g/mol. The molecule has 0 aliphatic rings. The number of aromatic nitrogens is 1. The highest BCUT2D eigenvalue weighted by atomic mass is 35.5. The van der Waals surface area contributed by atoms with Crippen LogP contribution in [-0.4, -0.2) is 23.9 Å². The minimum absolute atomic E-state index is 0.175. The maximum atomic E-state index is 11.7. The maximum absolute atomic E-state index is 11.7. The van der Waals surface area contributed by atoms with Crippen LogP contribution in [0.1, 0.15) is 16.8 Å². The van der Waals surface area contributed by atoms with Crippen LogP contribution in [0, 0.1) is 6.92 Å². The lowest BCUT2D eigenvalue weighted by molar-refractivity contribution is -0.141. The predicted molar refractivity (Wildman–Crippen MR) is 105 cm³/mol. The van der Waals surface area contributed by atoms with Gasteiger partial charge in [-0.15, -0.1) is 0 Å². The fourth-order valence-electron chi connectivity index (χ4n) is 2.87. The molecule has 2 aromatic carbocycles. The van der Waals surface area contributed by atoms with Gasteiger partial charge in [-0.05, 0) is 30.7 Å². The van der Waals surface area contributed by atoms with E-state index < -0.39 is 0 Å². The van der Waals surface area contributed by atoms with Crippen molar-refractivity contribution < 1.29 is 9.53 Å². The molecule has 0 saturated heterocycles. The number of esters is 1. The quantitative estimate of drug-likeness (QED) is 0.407. The number of hydrazone groups is 1. The molecule has 3 rings (SSSR count). The Balaban J connectivity index is 1.81. The third kappa shape index (κ3) is 3.89. The van der Waals surface area contributed by atoms with Gasteiger partial charge in [-0.2, -0.15) is 5.10 Å². The van der Waals surface area contributed by atoms with E-state index >= 15 is 0 Å². The van der Waals surface area contributed by atoms with Crippen LogP contribution in [0.25, 0.3) is 10.9 Å². The third-order valence-corrected chi connectivity index (χ3v) is 4.53. The average molecular weight is 370 g/mol. The van der Waals surface area contributed by atoms with E-state index in [-0.39, 0.29) is 12.5 Å². The van der Waals surface area contributed by atoms with Crippen LogP contribution in [0.3, 0.4) is 0 Å². The van der Waals surface area contributed by atoms with Crippen molar-refractivity contribution in [2.45, 2.75) is 20.0 Å². The summed E-state index contributed by atoms with van der Waals surface area (Å²) in [6.45, 7) is 2.76. The van der Waals surface area contributed by atoms with Crippen molar-refractivity contribution >= 4 is 34.7 Å². The van der Waals surface area contributed by atoms with E-state index in [4.69, 9.17) is 16.3 Å². The number of carbonyl (C=O) groups is 1. The molecule has 0 atom stereocenters. The van der Waals surface area contributed by atoms with Crippen LogP contribution in [0.4, 0.5) is 0 Å². The van der Waals surface area contributed by atoms with Crippen LogP contribution < -0.4 is 5.43 Å². The molecule has 0 radical (unpaired) electrons. The number of para-hydroxylation sites is 1. The zero-order valence-electron chi connectivity index (χ0n) is 14.7. The van der Waals surface area contributed by atoms with Gasteiger partial charge in [0.1, 0.15) is 6.54 Å². The number of hydrogen-bond acceptors (Lipinski definition) is 4. The molecule has 1 aromatic heterocycles. The molecule has 0 unspecified atom stereocenters. The van der Waals surface area contributed by atoms with E-state index in [0.29, 0.717) is 11.6 Å².